The zero-order valence-electron chi connectivity index (χ0n) is 9.00. The quantitative estimate of drug-likeness (QED) is 0.768. The van der Waals surface area contributed by atoms with Crippen LogP contribution in [0.3, 0.4) is 0 Å². The summed E-state index contributed by atoms with van der Waals surface area (Å²) >= 11 is 0. The number of benzene rings is 1. The average Bonchev–Trinajstić information content (AvgIpc) is 2.17. The summed E-state index contributed by atoms with van der Waals surface area (Å²) in [5, 5.41) is 18.4. The highest BCUT2D eigenvalue weighted by Crippen LogP contribution is 2.30. The smallest absolute Gasteiger partial charge is 0.144 e. The predicted molar refractivity (Wildman–Crippen MR) is 59.1 cm³/mol. The Morgan fingerprint density at radius 2 is 2.31 bits per heavy atom. The van der Waals surface area contributed by atoms with Gasteiger partial charge in [0.05, 0.1) is 0 Å². The van der Waals surface area contributed by atoms with E-state index >= 15 is 0 Å². The highest BCUT2D eigenvalue weighted by molar-refractivity contribution is 5.49. The van der Waals surface area contributed by atoms with Gasteiger partial charge >= 0.3 is 0 Å². The van der Waals surface area contributed by atoms with E-state index in [4.69, 9.17) is 11.0 Å². The lowest BCUT2D eigenvalue weighted by atomic mass is 9.98. The molecule has 16 heavy (non-hydrogen) atoms. The topological polar surface area (TPSA) is 70.0 Å². The van der Waals surface area contributed by atoms with Crippen LogP contribution in [0.15, 0.2) is 24.3 Å². The molecule has 1 aromatic carbocycles. The Balaban J connectivity index is 3.17. The number of nitrogens with zero attached hydrogens (tertiary/aromatic N) is 1. The van der Waals surface area contributed by atoms with Crippen molar-refractivity contribution in [1.29, 1.82) is 5.26 Å². The summed E-state index contributed by atoms with van der Waals surface area (Å²) in [6, 6.07) is 3.65. The molecule has 0 bridgehead atoms. The van der Waals surface area contributed by atoms with E-state index < -0.39 is 11.9 Å². The van der Waals surface area contributed by atoms with E-state index in [2.05, 4.69) is 6.58 Å². The minimum atomic E-state index is -0.744. The van der Waals surface area contributed by atoms with Gasteiger partial charge in [-0.1, -0.05) is 11.6 Å². The summed E-state index contributed by atoms with van der Waals surface area (Å²) in [5.74, 6) is -1.12. The van der Waals surface area contributed by atoms with Crippen LogP contribution < -0.4 is 5.73 Å². The summed E-state index contributed by atoms with van der Waals surface area (Å²) in [7, 11) is 0. The van der Waals surface area contributed by atoms with Gasteiger partial charge in [0.15, 0.2) is 0 Å². The maximum Gasteiger partial charge on any atom is 0.144 e. The molecule has 0 aliphatic heterocycles. The third kappa shape index (κ3) is 2.38. The Hall–Kier alpha value is -1.86. The van der Waals surface area contributed by atoms with E-state index in [9.17, 15) is 9.50 Å². The first-order chi connectivity index (χ1) is 7.47. The Kier molecular flexibility index (Phi) is 3.64. The number of hydrogen-bond donors (Lipinski definition) is 2. The molecular weight excluding hydrogens is 207 g/mol. The van der Waals surface area contributed by atoms with E-state index in [1.165, 1.54) is 6.07 Å². The number of aromatic hydroxyl groups is 1. The molecule has 0 aromatic heterocycles. The van der Waals surface area contributed by atoms with Crippen molar-refractivity contribution in [2.24, 2.45) is 5.73 Å². The molecule has 1 aromatic rings. The largest absolute Gasteiger partial charge is 0.506 e. The maximum absolute atomic E-state index is 13.1. The van der Waals surface area contributed by atoms with Crippen molar-refractivity contribution in [3.05, 3.63) is 41.2 Å². The monoisotopic (exact) mass is 220 g/mol. The van der Waals surface area contributed by atoms with Gasteiger partial charge in [-0.15, -0.1) is 6.58 Å². The number of nitrogens with two attached hydrogens (primary N) is 1. The lowest BCUT2D eigenvalue weighted by Gasteiger charge is -2.14. The van der Waals surface area contributed by atoms with Crippen molar-refractivity contribution in [2.45, 2.75) is 19.4 Å². The Morgan fingerprint density at radius 1 is 1.69 bits per heavy atom. The van der Waals surface area contributed by atoms with Crippen LogP contribution in [0.25, 0.3) is 0 Å². The highest BCUT2D eigenvalue weighted by Gasteiger charge is 2.17. The number of halogens is 1. The molecule has 0 saturated heterocycles. The number of hydrogen-bond acceptors (Lipinski definition) is 3. The van der Waals surface area contributed by atoms with Gasteiger partial charge in [-0.2, -0.15) is 5.26 Å². The molecule has 0 aliphatic carbocycles. The van der Waals surface area contributed by atoms with Gasteiger partial charge < -0.3 is 10.8 Å². The Bertz CT molecular complexity index is 463. The average molecular weight is 220 g/mol. The minimum Gasteiger partial charge on any atom is -0.506 e. The molecule has 1 rings (SSSR count). The van der Waals surface area contributed by atoms with Crippen LogP contribution in [0.1, 0.15) is 30.5 Å². The number of phenols is 1. The van der Waals surface area contributed by atoms with Crippen molar-refractivity contribution in [1.82, 2.24) is 0 Å². The van der Waals surface area contributed by atoms with Crippen LogP contribution in [0.2, 0.25) is 0 Å². The summed E-state index contributed by atoms with van der Waals surface area (Å²) < 4.78 is 13.1. The Labute approximate surface area is 93.6 Å². The molecule has 3 N–H and O–H groups in total. The molecule has 4 heteroatoms. The van der Waals surface area contributed by atoms with Crippen molar-refractivity contribution < 1.29 is 9.50 Å². The lowest BCUT2D eigenvalue weighted by molar-refractivity contribution is 0.452. The summed E-state index contributed by atoms with van der Waals surface area (Å²) in [6.07, 6.45) is 0.476. The third-order valence-corrected chi connectivity index (χ3v) is 2.24. The van der Waals surface area contributed by atoms with E-state index in [-0.39, 0.29) is 11.3 Å². The van der Waals surface area contributed by atoms with Crippen LogP contribution in [0.4, 0.5) is 4.39 Å². The van der Waals surface area contributed by atoms with Crippen LogP contribution in [-0.2, 0) is 0 Å². The van der Waals surface area contributed by atoms with Gasteiger partial charge in [-0.05, 0) is 19.4 Å². The third-order valence-electron chi connectivity index (χ3n) is 2.24. The molecule has 0 aliphatic rings. The zero-order valence-corrected chi connectivity index (χ0v) is 9.00. The fourth-order valence-electron chi connectivity index (χ4n) is 1.47. The minimum absolute atomic E-state index is 0.362. The summed E-state index contributed by atoms with van der Waals surface area (Å²) in [4.78, 5) is 0. The second-order valence-corrected chi connectivity index (χ2v) is 3.74. The molecular formula is C12H13FN2O. The van der Waals surface area contributed by atoms with E-state index in [1.807, 2.05) is 6.92 Å². The van der Waals surface area contributed by atoms with Crippen molar-refractivity contribution in [2.75, 3.05) is 0 Å². The normalized spacial score (nSPS) is 11.9. The number of rotatable bonds is 3. The molecule has 0 amide bonds. The van der Waals surface area contributed by atoms with Crippen LogP contribution >= 0.6 is 0 Å². The van der Waals surface area contributed by atoms with Gasteiger partial charge in [-0.3, -0.25) is 0 Å². The standard InChI is InChI=1S/C12H13FN2O/c1-7(2)5-11(15)8-3-4-10(13)9(6-14)12(8)16/h3-4,11,16H,1,5,15H2,2H3/t11-/m0/s1. The lowest BCUT2D eigenvalue weighted by Crippen LogP contribution is -2.11. The molecule has 3 nitrogen and oxygen atoms in total. The van der Waals surface area contributed by atoms with Gasteiger partial charge in [0.1, 0.15) is 23.2 Å². The molecule has 0 radical (unpaired) electrons. The van der Waals surface area contributed by atoms with Gasteiger partial charge in [0.2, 0.25) is 0 Å². The molecule has 0 unspecified atom stereocenters. The molecule has 0 saturated carbocycles. The predicted octanol–water partition coefficient (Wildman–Crippen LogP) is 2.37. The molecule has 84 valence electrons. The SMILES string of the molecule is C=C(C)C[C@H](N)c1ccc(F)c(C#N)c1O. The maximum atomic E-state index is 13.1. The fraction of sp³-hybridized carbons (Fsp3) is 0.250. The van der Waals surface area contributed by atoms with Gasteiger partial charge in [-0.25, -0.2) is 4.39 Å². The second-order valence-electron chi connectivity index (χ2n) is 3.74. The number of nitriles is 1. The summed E-state index contributed by atoms with van der Waals surface area (Å²) in [6.45, 7) is 5.52. The van der Waals surface area contributed by atoms with Crippen molar-refractivity contribution in [3.63, 3.8) is 0 Å². The van der Waals surface area contributed by atoms with E-state index in [0.717, 1.165) is 11.6 Å². The molecule has 0 heterocycles. The van der Waals surface area contributed by atoms with E-state index in [0.29, 0.717) is 12.0 Å². The van der Waals surface area contributed by atoms with Crippen LogP contribution in [-0.4, -0.2) is 5.11 Å². The van der Waals surface area contributed by atoms with E-state index in [1.54, 1.807) is 6.07 Å². The molecule has 0 spiro atoms. The number of phenolic OH excluding ortho intramolecular Hbond substituents is 1. The zero-order chi connectivity index (χ0) is 12.3. The summed E-state index contributed by atoms with van der Waals surface area (Å²) in [5.41, 5.74) is 6.67. The van der Waals surface area contributed by atoms with Crippen molar-refractivity contribution in [3.8, 4) is 11.8 Å². The van der Waals surface area contributed by atoms with Crippen molar-refractivity contribution >= 4 is 0 Å². The fourth-order valence-corrected chi connectivity index (χ4v) is 1.47. The first kappa shape index (κ1) is 12.2. The van der Waals surface area contributed by atoms with Gasteiger partial charge in [0, 0.05) is 11.6 Å². The second kappa shape index (κ2) is 4.77. The molecule has 0 fully saturated rings. The highest BCUT2D eigenvalue weighted by atomic mass is 19.1. The van der Waals surface area contributed by atoms with Crippen LogP contribution in [0, 0.1) is 17.1 Å². The Morgan fingerprint density at radius 3 is 2.81 bits per heavy atom. The first-order valence-electron chi connectivity index (χ1n) is 4.78. The molecule has 1 atom stereocenters. The van der Waals surface area contributed by atoms with Crippen LogP contribution in [0.5, 0.6) is 5.75 Å². The van der Waals surface area contributed by atoms with Gasteiger partial charge in [0.25, 0.3) is 0 Å². The first-order valence-corrected chi connectivity index (χ1v) is 4.78.